The van der Waals surface area contributed by atoms with Crippen LogP contribution in [0.1, 0.15) is 18.4 Å². The Morgan fingerprint density at radius 2 is 1.79 bits per heavy atom. The molecule has 0 bridgehead atoms. The Labute approximate surface area is 196 Å². The number of anilines is 1. The van der Waals surface area contributed by atoms with Gasteiger partial charge < -0.3 is 24.6 Å². The summed E-state index contributed by atoms with van der Waals surface area (Å²) in [6.07, 6.45) is 0.378. The van der Waals surface area contributed by atoms with Gasteiger partial charge in [-0.2, -0.15) is 0 Å². The number of rotatable bonds is 6. The van der Waals surface area contributed by atoms with Crippen LogP contribution in [-0.2, 0) is 16.1 Å². The number of urea groups is 1. The number of hydrogen-bond acceptors (Lipinski definition) is 6. The second kappa shape index (κ2) is 9.20. The van der Waals surface area contributed by atoms with Gasteiger partial charge in [-0.3, -0.25) is 14.5 Å². The van der Waals surface area contributed by atoms with Gasteiger partial charge in [0.2, 0.25) is 12.7 Å². The summed E-state index contributed by atoms with van der Waals surface area (Å²) >= 11 is 0. The van der Waals surface area contributed by atoms with Crippen molar-refractivity contribution in [1.29, 1.82) is 0 Å². The van der Waals surface area contributed by atoms with Crippen molar-refractivity contribution in [3.05, 3.63) is 53.8 Å². The lowest BCUT2D eigenvalue weighted by Crippen LogP contribution is -2.49. The van der Waals surface area contributed by atoms with Crippen molar-refractivity contribution in [2.24, 2.45) is 0 Å². The molecular weight excluding hydrogens is 443 g/mol. The van der Waals surface area contributed by atoms with Gasteiger partial charge in [0, 0.05) is 32.6 Å². The molecule has 2 saturated heterocycles. The van der Waals surface area contributed by atoms with Gasteiger partial charge in [0.15, 0.2) is 11.5 Å². The van der Waals surface area contributed by atoms with E-state index in [0.29, 0.717) is 43.4 Å². The molecule has 0 unspecified atom stereocenters. The molecule has 34 heavy (non-hydrogen) atoms. The summed E-state index contributed by atoms with van der Waals surface area (Å²) in [4.78, 5) is 42.7. The molecular formula is C24H25FN4O5. The van der Waals surface area contributed by atoms with Gasteiger partial charge in [-0.15, -0.1) is 0 Å². The van der Waals surface area contributed by atoms with Crippen molar-refractivity contribution in [3.8, 4) is 11.5 Å². The van der Waals surface area contributed by atoms with Crippen molar-refractivity contribution >= 4 is 23.5 Å². The number of para-hydroxylation sites is 1. The summed E-state index contributed by atoms with van der Waals surface area (Å²) in [5.74, 6) is 0.515. The average molecular weight is 468 g/mol. The molecule has 10 heteroatoms. The molecule has 1 N–H and O–H groups in total. The number of imide groups is 1. The van der Waals surface area contributed by atoms with Crippen molar-refractivity contribution in [1.82, 2.24) is 15.1 Å². The van der Waals surface area contributed by atoms with Crippen LogP contribution in [-0.4, -0.2) is 66.7 Å². The molecule has 3 aliphatic heterocycles. The Hall–Kier alpha value is -3.82. The molecule has 1 atom stereocenters. The lowest BCUT2D eigenvalue weighted by Gasteiger charge is -2.36. The summed E-state index contributed by atoms with van der Waals surface area (Å²) in [7, 11) is 0. The number of nitrogens with one attached hydrogen (secondary N) is 1. The van der Waals surface area contributed by atoms with Crippen LogP contribution < -0.4 is 19.7 Å². The first kappa shape index (κ1) is 22.0. The number of piperazine rings is 1. The van der Waals surface area contributed by atoms with E-state index in [4.69, 9.17) is 9.47 Å². The molecule has 4 amide bonds. The summed E-state index contributed by atoms with van der Waals surface area (Å²) in [6, 6.07) is 10.7. The van der Waals surface area contributed by atoms with Crippen LogP contribution in [0, 0.1) is 5.82 Å². The first-order valence-electron chi connectivity index (χ1n) is 11.3. The number of hydrogen-bond donors (Lipinski definition) is 1. The maximum Gasteiger partial charge on any atom is 0.325 e. The fourth-order valence-electron chi connectivity index (χ4n) is 4.48. The van der Waals surface area contributed by atoms with E-state index in [0.717, 1.165) is 10.5 Å². The second-order valence-electron chi connectivity index (χ2n) is 8.47. The topological polar surface area (TPSA) is 91.4 Å². The van der Waals surface area contributed by atoms with E-state index in [-0.39, 0.29) is 43.8 Å². The molecule has 9 nitrogen and oxygen atoms in total. The third-order valence-electron chi connectivity index (χ3n) is 6.36. The predicted molar refractivity (Wildman–Crippen MR) is 120 cm³/mol. The Balaban J connectivity index is 1.11. The molecule has 0 saturated carbocycles. The molecule has 2 aromatic rings. The van der Waals surface area contributed by atoms with Crippen LogP contribution in [0.4, 0.5) is 14.9 Å². The van der Waals surface area contributed by atoms with Gasteiger partial charge in [0.25, 0.3) is 5.91 Å². The first-order chi connectivity index (χ1) is 16.5. The zero-order valence-electron chi connectivity index (χ0n) is 18.5. The van der Waals surface area contributed by atoms with Gasteiger partial charge in [0.1, 0.15) is 11.9 Å². The summed E-state index contributed by atoms with van der Waals surface area (Å²) in [5.41, 5.74) is 1.29. The van der Waals surface area contributed by atoms with Crippen molar-refractivity contribution in [3.63, 3.8) is 0 Å². The van der Waals surface area contributed by atoms with E-state index in [2.05, 4.69) is 5.32 Å². The Morgan fingerprint density at radius 3 is 2.59 bits per heavy atom. The van der Waals surface area contributed by atoms with Crippen molar-refractivity contribution < 1.29 is 28.2 Å². The fourth-order valence-corrected chi connectivity index (χ4v) is 4.48. The van der Waals surface area contributed by atoms with Crippen LogP contribution in [0.25, 0.3) is 0 Å². The molecule has 0 aromatic heterocycles. The van der Waals surface area contributed by atoms with Gasteiger partial charge in [0.05, 0.1) is 12.2 Å². The monoisotopic (exact) mass is 468 g/mol. The van der Waals surface area contributed by atoms with Gasteiger partial charge in [-0.1, -0.05) is 18.2 Å². The minimum absolute atomic E-state index is 0.0792. The fraction of sp³-hybridized carbons (Fsp3) is 0.375. The number of ether oxygens (including phenoxy) is 2. The number of carbonyl (C=O) groups excluding carboxylic acids is 3. The van der Waals surface area contributed by atoms with E-state index in [9.17, 15) is 18.8 Å². The van der Waals surface area contributed by atoms with E-state index in [1.54, 1.807) is 41.3 Å². The minimum Gasteiger partial charge on any atom is -0.454 e. The van der Waals surface area contributed by atoms with Crippen LogP contribution in [0.15, 0.2) is 42.5 Å². The quantitative estimate of drug-likeness (QED) is 0.653. The zero-order chi connectivity index (χ0) is 23.7. The maximum atomic E-state index is 14.0. The Kier molecular flexibility index (Phi) is 5.95. The highest BCUT2D eigenvalue weighted by Crippen LogP contribution is 2.33. The molecule has 178 valence electrons. The Morgan fingerprint density at radius 1 is 1.03 bits per heavy atom. The standard InChI is InChI=1S/C24H25FN4O5/c25-17-3-1-2-4-19(17)27-9-11-28(12-10-27)22(30)8-6-18-23(31)29(24(32)26-18)14-16-5-7-20-21(13-16)34-15-33-20/h1-5,7,13,18H,6,8-12,14-15H2,(H,26,32)/t18-/m0/s1. The lowest BCUT2D eigenvalue weighted by molar-refractivity contribution is -0.132. The van der Waals surface area contributed by atoms with Crippen molar-refractivity contribution in [2.45, 2.75) is 25.4 Å². The van der Waals surface area contributed by atoms with Crippen LogP contribution >= 0.6 is 0 Å². The van der Waals surface area contributed by atoms with Crippen molar-refractivity contribution in [2.75, 3.05) is 37.9 Å². The van der Waals surface area contributed by atoms with Crippen LogP contribution in [0.2, 0.25) is 0 Å². The van der Waals surface area contributed by atoms with Crippen LogP contribution in [0.5, 0.6) is 11.5 Å². The van der Waals surface area contributed by atoms with Gasteiger partial charge in [-0.25, -0.2) is 9.18 Å². The zero-order valence-corrected chi connectivity index (χ0v) is 18.5. The highest BCUT2D eigenvalue weighted by atomic mass is 19.1. The highest BCUT2D eigenvalue weighted by molar-refractivity contribution is 6.04. The van der Waals surface area contributed by atoms with Crippen LogP contribution in [0.3, 0.4) is 0 Å². The molecule has 0 spiro atoms. The minimum atomic E-state index is -0.731. The lowest BCUT2D eigenvalue weighted by atomic mass is 10.1. The van der Waals surface area contributed by atoms with E-state index in [1.165, 1.54) is 6.07 Å². The molecule has 0 aliphatic carbocycles. The summed E-state index contributed by atoms with van der Waals surface area (Å²) < 4.78 is 24.6. The molecule has 3 heterocycles. The number of fused-ring (bicyclic) bond motifs is 1. The van der Waals surface area contributed by atoms with Gasteiger partial charge in [-0.05, 0) is 36.2 Å². The Bertz CT molecular complexity index is 1120. The normalized spacial score (nSPS) is 19.6. The molecule has 2 aromatic carbocycles. The first-order valence-corrected chi connectivity index (χ1v) is 11.3. The number of nitrogens with zero attached hydrogens (tertiary/aromatic N) is 3. The van der Waals surface area contributed by atoms with E-state index in [1.807, 2.05) is 4.90 Å². The largest absolute Gasteiger partial charge is 0.454 e. The maximum absolute atomic E-state index is 14.0. The third-order valence-corrected chi connectivity index (χ3v) is 6.36. The number of halogens is 1. The SMILES string of the molecule is O=C(CC[C@@H]1NC(=O)N(Cc2ccc3c(c2)OCO3)C1=O)N1CCN(c2ccccc2F)CC1. The highest BCUT2D eigenvalue weighted by Gasteiger charge is 2.38. The molecule has 0 radical (unpaired) electrons. The van der Waals surface area contributed by atoms with Gasteiger partial charge >= 0.3 is 6.03 Å². The number of benzene rings is 2. The smallest absolute Gasteiger partial charge is 0.325 e. The van der Waals surface area contributed by atoms with E-state index >= 15 is 0 Å². The molecule has 3 aliphatic rings. The average Bonchev–Trinajstić information content (AvgIpc) is 3.42. The summed E-state index contributed by atoms with van der Waals surface area (Å²) in [6.45, 7) is 2.30. The molecule has 5 rings (SSSR count). The summed E-state index contributed by atoms with van der Waals surface area (Å²) in [5, 5.41) is 2.68. The molecule has 2 fully saturated rings. The second-order valence-corrected chi connectivity index (χ2v) is 8.47. The predicted octanol–water partition coefficient (Wildman–Crippen LogP) is 2.10. The van der Waals surface area contributed by atoms with E-state index < -0.39 is 12.1 Å². The number of carbonyl (C=O) groups is 3. The third kappa shape index (κ3) is 4.35. The number of amides is 4.